The molecule has 0 radical (unpaired) electrons. The van der Waals surface area contributed by atoms with Crippen LogP contribution in [0.4, 0.5) is 4.39 Å². The molecule has 0 heterocycles. The van der Waals surface area contributed by atoms with Gasteiger partial charge in [-0.15, -0.1) is 0 Å². The molecule has 0 spiro atoms. The van der Waals surface area contributed by atoms with Gasteiger partial charge in [0, 0.05) is 0 Å². The molecule has 0 atom stereocenters. The molecule has 0 aliphatic carbocycles. The second-order valence-corrected chi connectivity index (χ2v) is 3.26. The van der Waals surface area contributed by atoms with Crippen LogP contribution in [0.3, 0.4) is 0 Å². The Morgan fingerprint density at radius 2 is 1.85 bits per heavy atom. The Hall–Kier alpha value is -0.800. The van der Waals surface area contributed by atoms with Crippen molar-refractivity contribution in [2.75, 3.05) is 0 Å². The molecule has 70 valence electrons. The van der Waals surface area contributed by atoms with Crippen molar-refractivity contribution in [1.29, 1.82) is 0 Å². The number of halogens is 3. The first-order chi connectivity index (χ1) is 6.00. The first-order valence-corrected chi connectivity index (χ1v) is 4.11. The summed E-state index contributed by atoms with van der Waals surface area (Å²) in [5.41, 5.74) is 0.379. The lowest BCUT2D eigenvalue weighted by Gasteiger charge is -2.01. The first-order valence-electron chi connectivity index (χ1n) is 3.36. The number of carbonyl (C=O) groups is 1. The van der Waals surface area contributed by atoms with Gasteiger partial charge in [0.1, 0.15) is 0 Å². The molecule has 1 aromatic carbocycles. The third kappa shape index (κ3) is 2.57. The Morgan fingerprint density at radius 1 is 1.38 bits per heavy atom. The summed E-state index contributed by atoms with van der Waals surface area (Å²) in [4.78, 5) is 10.3. The molecule has 1 rings (SSSR count). The molecule has 13 heavy (non-hydrogen) atoms. The highest BCUT2D eigenvalue weighted by molar-refractivity contribution is 6.35. The van der Waals surface area contributed by atoms with Crippen LogP contribution in [0.2, 0.25) is 10.0 Å². The van der Waals surface area contributed by atoms with Crippen LogP contribution in [0.5, 0.6) is 0 Å². The van der Waals surface area contributed by atoms with Gasteiger partial charge in [-0.1, -0.05) is 23.2 Å². The van der Waals surface area contributed by atoms with Gasteiger partial charge in [-0.2, -0.15) is 0 Å². The molecule has 1 aromatic rings. The molecule has 0 fully saturated rings. The molecule has 0 aromatic heterocycles. The van der Waals surface area contributed by atoms with E-state index < -0.39 is 11.8 Å². The third-order valence-corrected chi connectivity index (χ3v) is 1.95. The smallest absolute Gasteiger partial charge is 0.307 e. The van der Waals surface area contributed by atoms with E-state index in [1.807, 2.05) is 0 Å². The summed E-state index contributed by atoms with van der Waals surface area (Å²) >= 11 is 10.9. The summed E-state index contributed by atoms with van der Waals surface area (Å²) in [5.74, 6) is -1.74. The van der Waals surface area contributed by atoms with Crippen molar-refractivity contribution in [3.63, 3.8) is 0 Å². The molecule has 0 aliphatic heterocycles. The standard InChI is InChI=1S/C8H5Cl2FO2/c9-5-1-4(3-7(12)13)2-6(10)8(5)11/h1-2H,3H2,(H,12,13). The predicted molar refractivity (Wildman–Crippen MR) is 47.8 cm³/mol. The van der Waals surface area contributed by atoms with E-state index >= 15 is 0 Å². The zero-order valence-corrected chi connectivity index (χ0v) is 7.86. The fourth-order valence-electron chi connectivity index (χ4n) is 0.885. The first kappa shape index (κ1) is 10.3. The summed E-state index contributed by atoms with van der Waals surface area (Å²) in [6.45, 7) is 0. The average molecular weight is 223 g/mol. The molecule has 0 saturated carbocycles. The molecule has 0 bridgehead atoms. The summed E-state index contributed by atoms with van der Waals surface area (Å²) in [7, 11) is 0. The summed E-state index contributed by atoms with van der Waals surface area (Å²) in [6, 6.07) is 2.49. The highest BCUT2D eigenvalue weighted by atomic mass is 35.5. The fraction of sp³-hybridized carbons (Fsp3) is 0.125. The van der Waals surface area contributed by atoms with Gasteiger partial charge in [-0.3, -0.25) is 4.79 Å². The van der Waals surface area contributed by atoms with Crippen LogP contribution in [0.15, 0.2) is 12.1 Å². The van der Waals surface area contributed by atoms with E-state index in [0.717, 1.165) is 0 Å². The van der Waals surface area contributed by atoms with Crippen LogP contribution in [0.25, 0.3) is 0 Å². The van der Waals surface area contributed by atoms with Gasteiger partial charge in [-0.25, -0.2) is 4.39 Å². The molecule has 5 heteroatoms. The van der Waals surface area contributed by atoms with E-state index in [2.05, 4.69) is 0 Å². The largest absolute Gasteiger partial charge is 0.481 e. The molecule has 0 amide bonds. The van der Waals surface area contributed by atoms with Gasteiger partial charge < -0.3 is 5.11 Å². The van der Waals surface area contributed by atoms with E-state index in [1.165, 1.54) is 12.1 Å². The predicted octanol–water partition coefficient (Wildman–Crippen LogP) is 2.76. The lowest BCUT2D eigenvalue weighted by molar-refractivity contribution is -0.136. The maximum atomic E-state index is 12.8. The van der Waals surface area contributed by atoms with Gasteiger partial charge in [0.2, 0.25) is 0 Å². The van der Waals surface area contributed by atoms with Crippen molar-refractivity contribution in [2.24, 2.45) is 0 Å². The summed E-state index contributed by atoms with van der Waals surface area (Å²) in [6.07, 6.45) is -0.223. The third-order valence-electron chi connectivity index (χ3n) is 1.40. The van der Waals surface area contributed by atoms with E-state index in [1.54, 1.807) is 0 Å². The van der Waals surface area contributed by atoms with E-state index in [4.69, 9.17) is 28.3 Å². The van der Waals surface area contributed by atoms with Crippen LogP contribution in [0.1, 0.15) is 5.56 Å². The number of carboxylic acid groups (broad SMARTS) is 1. The highest BCUT2D eigenvalue weighted by Gasteiger charge is 2.09. The molecule has 0 saturated heterocycles. The Kier molecular flexibility index (Phi) is 3.12. The van der Waals surface area contributed by atoms with Crippen molar-refractivity contribution >= 4 is 29.2 Å². The van der Waals surface area contributed by atoms with Crippen LogP contribution in [0, 0.1) is 5.82 Å². The van der Waals surface area contributed by atoms with Gasteiger partial charge in [0.05, 0.1) is 16.5 Å². The van der Waals surface area contributed by atoms with Crippen LogP contribution < -0.4 is 0 Å². The van der Waals surface area contributed by atoms with Crippen LogP contribution in [-0.2, 0) is 11.2 Å². The quantitative estimate of drug-likeness (QED) is 0.782. The Labute approximate surface area is 83.9 Å². The lowest BCUT2D eigenvalue weighted by Crippen LogP contribution is -2.00. The van der Waals surface area contributed by atoms with Crippen molar-refractivity contribution in [3.05, 3.63) is 33.6 Å². The van der Waals surface area contributed by atoms with Gasteiger partial charge in [-0.05, 0) is 17.7 Å². The van der Waals surface area contributed by atoms with Crippen molar-refractivity contribution < 1.29 is 14.3 Å². The monoisotopic (exact) mass is 222 g/mol. The average Bonchev–Trinajstić information content (AvgIpc) is 1.98. The number of rotatable bonds is 2. The topological polar surface area (TPSA) is 37.3 Å². The number of aliphatic carboxylic acids is 1. The normalized spacial score (nSPS) is 10.1. The zero-order valence-electron chi connectivity index (χ0n) is 6.35. The number of hydrogen-bond acceptors (Lipinski definition) is 1. The number of carboxylic acids is 1. The maximum Gasteiger partial charge on any atom is 0.307 e. The Bertz CT molecular complexity index is 329. The van der Waals surface area contributed by atoms with Crippen LogP contribution >= 0.6 is 23.2 Å². The molecule has 0 unspecified atom stereocenters. The number of benzene rings is 1. The van der Waals surface area contributed by atoms with Crippen molar-refractivity contribution in [3.8, 4) is 0 Å². The second-order valence-electron chi connectivity index (χ2n) is 2.44. The minimum absolute atomic E-state index is 0.163. The van der Waals surface area contributed by atoms with Gasteiger partial charge >= 0.3 is 5.97 Å². The Morgan fingerprint density at radius 3 is 2.23 bits per heavy atom. The molecule has 0 aliphatic rings. The minimum Gasteiger partial charge on any atom is -0.481 e. The van der Waals surface area contributed by atoms with Gasteiger partial charge in [0.15, 0.2) is 5.82 Å². The molecular formula is C8H5Cl2FO2. The van der Waals surface area contributed by atoms with E-state index in [-0.39, 0.29) is 16.5 Å². The highest BCUT2D eigenvalue weighted by Crippen LogP contribution is 2.24. The van der Waals surface area contributed by atoms with E-state index in [0.29, 0.717) is 5.56 Å². The maximum absolute atomic E-state index is 12.8. The Balaban J connectivity index is 3.06. The fourth-order valence-corrected chi connectivity index (χ4v) is 1.42. The van der Waals surface area contributed by atoms with Gasteiger partial charge in [0.25, 0.3) is 0 Å². The van der Waals surface area contributed by atoms with Crippen LogP contribution in [-0.4, -0.2) is 11.1 Å². The molecule has 1 N–H and O–H groups in total. The summed E-state index contributed by atoms with van der Waals surface area (Å²) in [5, 5.41) is 8.11. The SMILES string of the molecule is O=C(O)Cc1cc(Cl)c(F)c(Cl)c1. The minimum atomic E-state index is -1.02. The molecule has 2 nitrogen and oxygen atoms in total. The van der Waals surface area contributed by atoms with Crippen molar-refractivity contribution in [2.45, 2.75) is 6.42 Å². The van der Waals surface area contributed by atoms with Crippen molar-refractivity contribution in [1.82, 2.24) is 0 Å². The summed E-state index contributed by atoms with van der Waals surface area (Å²) < 4.78 is 12.8. The lowest BCUT2D eigenvalue weighted by atomic mass is 10.1. The zero-order chi connectivity index (χ0) is 10.0. The van der Waals surface area contributed by atoms with E-state index in [9.17, 15) is 9.18 Å². The second kappa shape index (κ2) is 3.94. The molecular weight excluding hydrogens is 218 g/mol. The number of hydrogen-bond donors (Lipinski definition) is 1.